The molecule has 0 unspecified atom stereocenters. The van der Waals surface area contributed by atoms with Crippen LogP contribution in [-0.4, -0.2) is 5.75 Å². The minimum Gasteiger partial charge on any atom is -0.359 e. The molecule has 2 rings (SSSR count). The third-order valence-electron chi connectivity index (χ3n) is 4.19. The van der Waals surface area contributed by atoms with E-state index in [0.717, 1.165) is 24.3 Å². The molecule has 1 nitrogen and oxygen atoms in total. The Balaban J connectivity index is 2.02. The minimum atomic E-state index is -9.73. The molecule has 0 atom stereocenters. The Kier molecular flexibility index (Phi) is 5.76. The lowest BCUT2D eigenvalue weighted by Gasteiger charge is -2.40. The van der Waals surface area contributed by atoms with E-state index in [1.807, 2.05) is 0 Å². The second-order valence-electron chi connectivity index (χ2n) is 7.29. The number of hydrogen-bond donors (Lipinski definition) is 1. The summed E-state index contributed by atoms with van der Waals surface area (Å²) in [5.41, 5.74) is -0.820. The van der Waals surface area contributed by atoms with Crippen molar-refractivity contribution in [3.05, 3.63) is 66.4 Å². The fourth-order valence-electron chi connectivity index (χ4n) is 2.23. The maximum Gasteiger partial charge on any atom is 0.416 e. The van der Waals surface area contributed by atoms with Crippen LogP contribution in [0.15, 0.2) is 70.6 Å². The normalized spacial score (nSPS) is 15.3. The van der Waals surface area contributed by atoms with Crippen LogP contribution < -0.4 is 5.32 Å². The fraction of sp³-hybridized carbons (Fsp3) is 0.263. The van der Waals surface area contributed by atoms with Crippen LogP contribution in [0, 0.1) is 5.41 Å². The van der Waals surface area contributed by atoms with Crippen LogP contribution in [0.5, 0.6) is 0 Å². The highest BCUT2D eigenvalue weighted by Crippen LogP contribution is 3.02. The molecule has 0 fully saturated rings. The molecular weight excluding hydrogens is 458 g/mol. The average Bonchev–Trinajstić information content (AvgIpc) is 2.58. The van der Waals surface area contributed by atoms with Gasteiger partial charge in [0.15, 0.2) is 0 Å². The number of benzene rings is 2. The van der Waals surface area contributed by atoms with E-state index in [1.165, 1.54) is 23.9 Å². The Morgan fingerprint density at radius 2 is 1.40 bits per heavy atom. The Hall–Kier alpha value is -1.88. The highest BCUT2D eigenvalue weighted by atomic mass is 32.5. The summed E-state index contributed by atoms with van der Waals surface area (Å²) in [4.78, 5) is -1.38. The maximum absolute atomic E-state index is 12.8. The lowest BCUT2D eigenvalue weighted by atomic mass is 9.92. The molecule has 0 bridgehead atoms. The Bertz CT molecular complexity index is 915. The topological polar surface area (TPSA) is 12.0 Å². The molecule has 2 aromatic carbocycles. The van der Waals surface area contributed by atoms with Gasteiger partial charge in [0.25, 0.3) is 0 Å². The molecular formula is C19H19F8NS2. The highest BCUT2D eigenvalue weighted by molar-refractivity contribution is 8.45. The first kappa shape index (κ1) is 24.4. The molecule has 0 heterocycles. The molecule has 0 saturated heterocycles. The quantitative estimate of drug-likeness (QED) is 0.315. The molecule has 168 valence electrons. The molecule has 0 aliphatic rings. The second kappa shape index (κ2) is 7.08. The van der Waals surface area contributed by atoms with Crippen molar-refractivity contribution in [2.45, 2.75) is 29.8 Å². The van der Waals surface area contributed by atoms with E-state index >= 15 is 0 Å². The van der Waals surface area contributed by atoms with E-state index in [0.29, 0.717) is 28.5 Å². The first-order valence-corrected chi connectivity index (χ1v) is 11.3. The zero-order valence-corrected chi connectivity index (χ0v) is 17.5. The fourth-order valence-corrected chi connectivity index (χ4v) is 3.91. The Morgan fingerprint density at radius 3 is 1.83 bits per heavy atom. The van der Waals surface area contributed by atoms with E-state index in [2.05, 4.69) is 11.9 Å². The predicted molar refractivity (Wildman–Crippen MR) is 107 cm³/mol. The van der Waals surface area contributed by atoms with Crippen LogP contribution >= 0.6 is 22.0 Å². The average molecular weight is 477 g/mol. The van der Waals surface area contributed by atoms with Crippen molar-refractivity contribution in [1.29, 1.82) is 0 Å². The van der Waals surface area contributed by atoms with Gasteiger partial charge < -0.3 is 5.32 Å². The van der Waals surface area contributed by atoms with Gasteiger partial charge in [-0.25, -0.2) is 0 Å². The summed E-state index contributed by atoms with van der Waals surface area (Å²) in [6, 6.07) is 7.03. The van der Waals surface area contributed by atoms with Crippen LogP contribution in [0.2, 0.25) is 0 Å². The van der Waals surface area contributed by atoms with Crippen molar-refractivity contribution in [2.24, 2.45) is 5.41 Å². The number of nitrogens with one attached hydrogen (secondary N) is 1. The molecule has 0 saturated carbocycles. The third-order valence-corrected chi connectivity index (χ3v) is 6.83. The minimum absolute atomic E-state index is 0.151. The van der Waals surface area contributed by atoms with Crippen molar-refractivity contribution in [2.75, 3.05) is 11.1 Å². The number of halogens is 8. The van der Waals surface area contributed by atoms with E-state index in [-0.39, 0.29) is 5.69 Å². The number of thioether (sulfide) groups is 1. The summed E-state index contributed by atoms with van der Waals surface area (Å²) in [5, 5.41) is 2.80. The number of anilines is 1. The summed E-state index contributed by atoms with van der Waals surface area (Å²) < 4.78 is 102. The number of hydrogen-bond acceptors (Lipinski definition) is 2. The number of allylic oxidation sites excluding steroid dienone is 1. The summed E-state index contributed by atoms with van der Waals surface area (Å²) in [6.07, 6.45) is -4.42. The van der Waals surface area contributed by atoms with Gasteiger partial charge in [0.1, 0.15) is 4.90 Å². The van der Waals surface area contributed by atoms with E-state index in [1.54, 1.807) is 13.8 Å². The third kappa shape index (κ3) is 6.56. The first-order valence-electron chi connectivity index (χ1n) is 8.39. The van der Waals surface area contributed by atoms with Gasteiger partial charge in [0.05, 0.1) is 5.56 Å². The molecule has 0 aliphatic carbocycles. The highest BCUT2D eigenvalue weighted by Gasteiger charge is 2.65. The van der Waals surface area contributed by atoms with Gasteiger partial charge in [-0.15, -0.1) is 11.8 Å². The van der Waals surface area contributed by atoms with Crippen molar-refractivity contribution in [3.8, 4) is 0 Å². The standard InChI is InChI=1S/C19H19F8NS2/c1-13(28-15-6-10-17(11-7-15)30(23,24,25,26)27)18(2,3)12-29-16-8-4-14(5-9-16)19(20,21)22/h4-11,28H,1,12H2,2-3H3. The maximum atomic E-state index is 12.8. The van der Waals surface area contributed by atoms with E-state index in [9.17, 15) is 32.6 Å². The monoisotopic (exact) mass is 477 g/mol. The zero-order chi connectivity index (χ0) is 23.1. The predicted octanol–water partition coefficient (Wildman–Crippen LogP) is 9.11. The molecule has 0 spiro atoms. The molecule has 0 amide bonds. The van der Waals surface area contributed by atoms with Crippen LogP contribution in [0.4, 0.5) is 38.3 Å². The second-order valence-corrected chi connectivity index (χ2v) is 10.7. The Morgan fingerprint density at radius 1 is 0.900 bits per heavy atom. The van der Waals surface area contributed by atoms with Crippen molar-refractivity contribution < 1.29 is 32.6 Å². The van der Waals surface area contributed by atoms with Gasteiger partial charge in [-0.1, -0.05) is 39.9 Å². The van der Waals surface area contributed by atoms with Crippen molar-refractivity contribution in [3.63, 3.8) is 0 Å². The molecule has 30 heavy (non-hydrogen) atoms. The zero-order valence-electron chi connectivity index (χ0n) is 15.9. The van der Waals surface area contributed by atoms with Gasteiger partial charge in [0.2, 0.25) is 0 Å². The van der Waals surface area contributed by atoms with Crippen LogP contribution in [-0.2, 0) is 6.18 Å². The summed E-state index contributed by atoms with van der Waals surface area (Å²) in [6.45, 7) is 7.40. The van der Waals surface area contributed by atoms with Crippen LogP contribution in [0.25, 0.3) is 0 Å². The van der Waals surface area contributed by atoms with Crippen molar-refractivity contribution in [1.82, 2.24) is 0 Å². The molecule has 2 aromatic rings. The molecule has 11 heteroatoms. The van der Waals surface area contributed by atoms with Gasteiger partial charge in [-0.2, -0.15) is 13.2 Å². The summed E-state index contributed by atoms with van der Waals surface area (Å²) >= 11 is 1.28. The summed E-state index contributed by atoms with van der Waals surface area (Å²) in [5.74, 6) is 0.397. The van der Waals surface area contributed by atoms with E-state index < -0.39 is 32.3 Å². The first-order chi connectivity index (χ1) is 13.3. The summed E-state index contributed by atoms with van der Waals surface area (Å²) in [7, 11) is -9.73. The molecule has 1 N–H and O–H groups in total. The van der Waals surface area contributed by atoms with Gasteiger partial charge in [0, 0.05) is 27.4 Å². The molecule has 0 aliphatic heterocycles. The number of alkyl halides is 3. The smallest absolute Gasteiger partial charge is 0.359 e. The number of rotatable bonds is 7. The van der Waals surface area contributed by atoms with Crippen LogP contribution in [0.3, 0.4) is 0 Å². The SMILES string of the molecule is C=C(Nc1ccc(S(F)(F)(F)(F)F)cc1)C(C)(C)CSc1ccc(C(F)(F)F)cc1. The van der Waals surface area contributed by atoms with Gasteiger partial charge in [-0.05, 0) is 48.5 Å². The van der Waals surface area contributed by atoms with Crippen LogP contribution in [0.1, 0.15) is 19.4 Å². The van der Waals surface area contributed by atoms with E-state index in [4.69, 9.17) is 0 Å². The Labute approximate surface area is 173 Å². The molecule has 0 radical (unpaired) electrons. The van der Waals surface area contributed by atoms with Gasteiger partial charge >= 0.3 is 16.4 Å². The largest absolute Gasteiger partial charge is 0.416 e. The van der Waals surface area contributed by atoms with Gasteiger partial charge in [-0.3, -0.25) is 0 Å². The van der Waals surface area contributed by atoms with Crippen molar-refractivity contribution >= 4 is 27.7 Å². The lowest BCUT2D eigenvalue weighted by Crippen LogP contribution is -2.22. The lowest BCUT2D eigenvalue weighted by molar-refractivity contribution is -0.137. The molecule has 0 aromatic heterocycles.